The SMILES string of the molecule is C[C@H]1CCCN(C(=O)N[C@H](c2ccccc2)c2cc3ccccc3o2)C1. The quantitative estimate of drug-likeness (QED) is 0.727. The molecular formula is C22H24N2O2. The first kappa shape index (κ1) is 16.7. The number of likely N-dealkylation sites (tertiary alicyclic amines) is 1. The van der Waals surface area contributed by atoms with Crippen molar-refractivity contribution in [1.29, 1.82) is 0 Å². The first-order valence-electron chi connectivity index (χ1n) is 9.29. The van der Waals surface area contributed by atoms with Gasteiger partial charge in [0.1, 0.15) is 17.4 Å². The van der Waals surface area contributed by atoms with Crippen LogP contribution in [0, 0.1) is 5.92 Å². The molecule has 0 radical (unpaired) electrons. The molecule has 3 aromatic rings. The van der Waals surface area contributed by atoms with Gasteiger partial charge < -0.3 is 14.6 Å². The fraction of sp³-hybridized carbons (Fsp3) is 0.318. The number of benzene rings is 2. The van der Waals surface area contributed by atoms with Gasteiger partial charge in [0.2, 0.25) is 0 Å². The Kier molecular flexibility index (Phi) is 4.65. The standard InChI is InChI=1S/C22H24N2O2/c1-16-8-7-13-24(15-16)22(25)23-21(17-9-3-2-4-10-17)20-14-18-11-5-6-12-19(18)26-20/h2-6,9-12,14,16,21H,7-8,13,15H2,1H3,(H,23,25)/t16-,21+/m0/s1. The predicted octanol–water partition coefficient (Wildman–Crippen LogP) is 4.96. The molecule has 26 heavy (non-hydrogen) atoms. The molecule has 1 fully saturated rings. The molecular weight excluding hydrogens is 324 g/mol. The molecule has 134 valence electrons. The minimum Gasteiger partial charge on any atom is -0.459 e. The third-order valence-corrected chi connectivity index (χ3v) is 5.07. The van der Waals surface area contributed by atoms with Crippen molar-refractivity contribution >= 4 is 17.0 Å². The fourth-order valence-corrected chi connectivity index (χ4v) is 3.70. The maximum absolute atomic E-state index is 12.9. The van der Waals surface area contributed by atoms with Gasteiger partial charge in [-0.2, -0.15) is 0 Å². The average Bonchev–Trinajstić information content (AvgIpc) is 3.10. The zero-order valence-electron chi connectivity index (χ0n) is 15.0. The first-order valence-corrected chi connectivity index (χ1v) is 9.29. The van der Waals surface area contributed by atoms with Gasteiger partial charge in [0.05, 0.1) is 0 Å². The number of amides is 2. The maximum atomic E-state index is 12.9. The van der Waals surface area contributed by atoms with Crippen LogP contribution in [0.5, 0.6) is 0 Å². The number of carbonyl (C=O) groups is 1. The van der Waals surface area contributed by atoms with Crippen LogP contribution >= 0.6 is 0 Å². The van der Waals surface area contributed by atoms with Crippen LogP contribution in [0.25, 0.3) is 11.0 Å². The zero-order valence-corrected chi connectivity index (χ0v) is 15.0. The second kappa shape index (κ2) is 7.24. The summed E-state index contributed by atoms with van der Waals surface area (Å²) in [6.45, 7) is 3.83. The largest absolute Gasteiger partial charge is 0.459 e. The van der Waals surface area contributed by atoms with E-state index < -0.39 is 0 Å². The molecule has 0 spiro atoms. The van der Waals surface area contributed by atoms with Gasteiger partial charge in [-0.05, 0) is 36.5 Å². The zero-order chi connectivity index (χ0) is 17.9. The summed E-state index contributed by atoms with van der Waals surface area (Å²) in [4.78, 5) is 14.8. The molecule has 1 saturated heterocycles. The highest BCUT2D eigenvalue weighted by Crippen LogP contribution is 2.29. The average molecular weight is 348 g/mol. The molecule has 0 aliphatic carbocycles. The lowest BCUT2D eigenvalue weighted by Crippen LogP contribution is -2.46. The summed E-state index contributed by atoms with van der Waals surface area (Å²) in [6.07, 6.45) is 2.25. The number of fused-ring (bicyclic) bond motifs is 1. The van der Waals surface area contributed by atoms with E-state index in [-0.39, 0.29) is 12.1 Å². The van der Waals surface area contributed by atoms with E-state index in [0.29, 0.717) is 5.92 Å². The number of rotatable bonds is 3. The lowest BCUT2D eigenvalue weighted by atomic mass is 10.0. The van der Waals surface area contributed by atoms with Gasteiger partial charge in [-0.25, -0.2) is 4.79 Å². The van der Waals surface area contributed by atoms with Crippen LogP contribution in [-0.2, 0) is 0 Å². The van der Waals surface area contributed by atoms with Crippen molar-refractivity contribution in [3.63, 3.8) is 0 Å². The molecule has 1 aliphatic heterocycles. The van der Waals surface area contributed by atoms with Crippen LogP contribution in [0.3, 0.4) is 0 Å². The molecule has 1 N–H and O–H groups in total. The molecule has 2 atom stereocenters. The molecule has 0 saturated carbocycles. The van der Waals surface area contributed by atoms with Crippen molar-refractivity contribution in [1.82, 2.24) is 10.2 Å². The summed E-state index contributed by atoms with van der Waals surface area (Å²) in [7, 11) is 0. The van der Waals surface area contributed by atoms with Crippen molar-refractivity contribution in [3.05, 3.63) is 72.0 Å². The Hall–Kier alpha value is -2.75. The third kappa shape index (κ3) is 3.45. The van der Waals surface area contributed by atoms with Gasteiger partial charge in [-0.15, -0.1) is 0 Å². The Balaban J connectivity index is 1.64. The molecule has 4 nitrogen and oxygen atoms in total. The Labute approximate surface area is 153 Å². The van der Waals surface area contributed by atoms with Crippen LogP contribution in [-0.4, -0.2) is 24.0 Å². The fourth-order valence-electron chi connectivity index (χ4n) is 3.70. The lowest BCUT2D eigenvalue weighted by molar-refractivity contribution is 0.167. The number of carbonyl (C=O) groups excluding carboxylic acids is 1. The lowest BCUT2D eigenvalue weighted by Gasteiger charge is -2.32. The van der Waals surface area contributed by atoms with Crippen LogP contribution in [0.15, 0.2) is 65.1 Å². The summed E-state index contributed by atoms with van der Waals surface area (Å²) in [5.41, 5.74) is 1.86. The highest BCUT2D eigenvalue weighted by molar-refractivity contribution is 5.79. The van der Waals surface area contributed by atoms with Crippen molar-refractivity contribution < 1.29 is 9.21 Å². The van der Waals surface area contributed by atoms with Gasteiger partial charge in [0.15, 0.2) is 0 Å². The number of hydrogen-bond acceptors (Lipinski definition) is 2. The van der Waals surface area contributed by atoms with Gasteiger partial charge >= 0.3 is 6.03 Å². The summed E-state index contributed by atoms with van der Waals surface area (Å²) >= 11 is 0. The van der Waals surface area contributed by atoms with E-state index in [1.54, 1.807) is 0 Å². The molecule has 4 heteroatoms. The second-order valence-electron chi connectivity index (χ2n) is 7.17. The molecule has 2 aromatic carbocycles. The van der Waals surface area contributed by atoms with E-state index in [1.165, 1.54) is 6.42 Å². The molecule has 4 rings (SSSR count). The van der Waals surface area contributed by atoms with Gasteiger partial charge in [0.25, 0.3) is 0 Å². The molecule has 2 heterocycles. The number of furan rings is 1. The van der Waals surface area contributed by atoms with Crippen LogP contribution in [0.4, 0.5) is 4.79 Å². The summed E-state index contributed by atoms with van der Waals surface area (Å²) < 4.78 is 6.06. The van der Waals surface area contributed by atoms with Crippen molar-refractivity contribution in [2.75, 3.05) is 13.1 Å². The summed E-state index contributed by atoms with van der Waals surface area (Å²) in [5, 5.41) is 4.24. The van der Waals surface area contributed by atoms with Crippen LogP contribution in [0.1, 0.15) is 37.1 Å². The van der Waals surface area contributed by atoms with Gasteiger partial charge in [-0.3, -0.25) is 0 Å². The second-order valence-corrected chi connectivity index (χ2v) is 7.17. The Morgan fingerprint density at radius 1 is 1.15 bits per heavy atom. The van der Waals surface area contributed by atoms with Gasteiger partial charge in [-0.1, -0.05) is 55.5 Å². The minimum absolute atomic E-state index is 0.0224. The Morgan fingerprint density at radius 2 is 1.92 bits per heavy atom. The van der Waals surface area contributed by atoms with Crippen LogP contribution in [0.2, 0.25) is 0 Å². The number of para-hydroxylation sites is 1. The maximum Gasteiger partial charge on any atom is 0.318 e. The Bertz CT molecular complexity index is 854. The molecule has 0 unspecified atom stereocenters. The molecule has 1 aliphatic rings. The van der Waals surface area contributed by atoms with E-state index in [2.05, 4.69) is 12.2 Å². The Morgan fingerprint density at radius 3 is 2.69 bits per heavy atom. The van der Waals surface area contributed by atoms with Crippen molar-refractivity contribution in [2.45, 2.75) is 25.8 Å². The van der Waals surface area contributed by atoms with E-state index in [9.17, 15) is 4.79 Å². The number of nitrogens with zero attached hydrogens (tertiary/aromatic N) is 1. The van der Waals surface area contributed by atoms with E-state index in [0.717, 1.165) is 41.8 Å². The minimum atomic E-state index is -0.298. The van der Waals surface area contributed by atoms with Gasteiger partial charge in [0, 0.05) is 18.5 Å². The van der Waals surface area contributed by atoms with E-state index >= 15 is 0 Å². The van der Waals surface area contributed by atoms with Crippen molar-refractivity contribution in [2.24, 2.45) is 5.92 Å². The molecule has 0 bridgehead atoms. The van der Waals surface area contributed by atoms with Crippen LogP contribution < -0.4 is 5.32 Å². The molecule has 1 aromatic heterocycles. The smallest absolute Gasteiger partial charge is 0.318 e. The van der Waals surface area contributed by atoms with Crippen molar-refractivity contribution in [3.8, 4) is 0 Å². The number of piperidine rings is 1. The summed E-state index contributed by atoms with van der Waals surface area (Å²) in [6, 6.07) is 19.6. The number of nitrogens with one attached hydrogen (secondary N) is 1. The number of urea groups is 1. The summed E-state index contributed by atoms with van der Waals surface area (Å²) in [5.74, 6) is 1.31. The topological polar surface area (TPSA) is 45.5 Å². The predicted molar refractivity (Wildman–Crippen MR) is 103 cm³/mol. The normalized spacial score (nSPS) is 18.7. The highest BCUT2D eigenvalue weighted by atomic mass is 16.3. The van der Waals surface area contributed by atoms with E-state index in [1.807, 2.05) is 65.6 Å². The monoisotopic (exact) mass is 348 g/mol. The molecule has 2 amide bonds. The highest BCUT2D eigenvalue weighted by Gasteiger charge is 2.26. The first-order chi connectivity index (χ1) is 12.7. The van der Waals surface area contributed by atoms with E-state index in [4.69, 9.17) is 4.42 Å². The number of hydrogen-bond donors (Lipinski definition) is 1. The third-order valence-electron chi connectivity index (χ3n) is 5.07.